The molecule has 0 amide bonds. The van der Waals surface area contributed by atoms with Gasteiger partial charge in [-0.1, -0.05) is 58.5 Å². The summed E-state index contributed by atoms with van der Waals surface area (Å²) in [5.74, 6) is 0. The second-order valence-electron chi connectivity index (χ2n) is 2.20. The first-order valence-corrected chi connectivity index (χ1v) is 4.47. The minimum atomic E-state index is 0. The zero-order valence-electron chi connectivity index (χ0n) is 8.09. The minimum Gasteiger partial charge on any atom is -0.305 e. The number of benzene rings is 1. The lowest BCUT2D eigenvalue weighted by Gasteiger charge is -1.97. The van der Waals surface area contributed by atoms with Crippen molar-refractivity contribution in [1.82, 2.24) is 0 Å². The van der Waals surface area contributed by atoms with E-state index in [1.165, 1.54) is 0 Å². The molecule has 1 aromatic carbocycles. The van der Waals surface area contributed by atoms with Crippen molar-refractivity contribution in [3.63, 3.8) is 0 Å². The highest BCUT2D eigenvalue weighted by atomic mass is 14.4. The first-order valence-electron chi connectivity index (χ1n) is 4.47. The Morgan fingerprint density at radius 3 is 2.00 bits per heavy atom. The second-order valence-corrected chi connectivity index (χ2v) is 2.20. The molecule has 0 atom stereocenters. The van der Waals surface area contributed by atoms with Crippen molar-refractivity contribution in [2.45, 2.75) is 34.6 Å². The molecule has 0 aliphatic rings. The molecule has 0 aromatic heterocycles. The van der Waals surface area contributed by atoms with Crippen molar-refractivity contribution in [2.24, 2.45) is 0 Å². The van der Waals surface area contributed by atoms with Gasteiger partial charge in [0, 0.05) is 5.71 Å². The zero-order chi connectivity index (χ0) is 9.40. The summed E-state index contributed by atoms with van der Waals surface area (Å²) in [4.78, 5) is 0. The van der Waals surface area contributed by atoms with Gasteiger partial charge in [-0.25, -0.2) is 0 Å². The smallest absolute Gasteiger partial charge is 0.0383 e. The maximum Gasteiger partial charge on any atom is 0.0383 e. The monoisotopic (exact) mass is 179 g/mol. The maximum absolute atomic E-state index is 7.48. The molecular formula is C12H21N. The van der Waals surface area contributed by atoms with Gasteiger partial charge in [0.1, 0.15) is 0 Å². The zero-order valence-corrected chi connectivity index (χ0v) is 8.09. The number of rotatable bonds is 2. The van der Waals surface area contributed by atoms with Crippen molar-refractivity contribution in [3.8, 4) is 0 Å². The Kier molecular flexibility index (Phi) is 9.96. The van der Waals surface area contributed by atoms with E-state index < -0.39 is 0 Å². The summed E-state index contributed by atoms with van der Waals surface area (Å²) in [6.07, 6.45) is 0.810. The Morgan fingerprint density at radius 1 is 1.15 bits per heavy atom. The molecule has 1 nitrogen and oxygen atoms in total. The summed E-state index contributed by atoms with van der Waals surface area (Å²) >= 11 is 0. The quantitative estimate of drug-likeness (QED) is 0.660. The van der Waals surface area contributed by atoms with Crippen molar-refractivity contribution in [2.75, 3.05) is 0 Å². The van der Waals surface area contributed by atoms with Gasteiger partial charge in [-0.15, -0.1) is 0 Å². The predicted molar refractivity (Wildman–Crippen MR) is 61.6 cm³/mol. The molecule has 74 valence electrons. The van der Waals surface area contributed by atoms with Gasteiger partial charge in [-0.3, -0.25) is 0 Å². The Balaban J connectivity index is 0. The number of hydrogen-bond acceptors (Lipinski definition) is 1. The molecule has 0 fully saturated rings. The largest absolute Gasteiger partial charge is 0.305 e. The molecular weight excluding hydrogens is 158 g/mol. The lowest BCUT2D eigenvalue weighted by molar-refractivity contribution is 1.24. The van der Waals surface area contributed by atoms with Crippen LogP contribution in [0.15, 0.2) is 30.3 Å². The SMILES string of the molecule is C.CC.CCC(=N)c1ccccc1. The second kappa shape index (κ2) is 8.98. The summed E-state index contributed by atoms with van der Waals surface area (Å²) in [5.41, 5.74) is 1.74. The molecule has 0 bridgehead atoms. The van der Waals surface area contributed by atoms with Gasteiger partial charge in [0.05, 0.1) is 0 Å². The maximum atomic E-state index is 7.48. The molecule has 0 heterocycles. The van der Waals surface area contributed by atoms with Gasteiger partial charge in [0.25, 0.3) is 0 Å². The van der Waals surface area contributed by atoms with E-state index in [2.05, 4.69) is 0 Å². The fraction of sp³-hybridized carbons (Fsp3) is 0.417. The molecule has 0 unspecified atom stereocenters. The van der Waals surface area contributed by atoms with E-state index in [1.807, 2.05) is 51.1 Å². The molecule has 1 N–H and O–H groups in total. The fourth-order valence-corrected chi connectivity index (χ4v) is 0.843. The van der Waals surface area contributed by atoms with Crippen LogP contribution in [0.25, 0.3) is 0 Å². The van der Waals surface area contributed by atoms with Crippen LogP contribution >= 0.6 is 0 Å². The number of hydrogen-bond donors (Lipinski definition) is 1. The van der Waals surface area contributed by atoms with Crippen molar-refractivity contribution in [1.29, 1.82) is 5.41 Å². The van der Waals surface area contributed by atoms with Crippen LogP contribution in [0, 0.1) is 5.41 Å². The highest BCUT2D eigenvalue weighted by Gasteiger charge is 1.93. The Morgan fingerprint density at radius 2 is 1.62 bits per heavy atom. The fourth-order valence-electron chi connectivity index (χ4n) is 0.843. The topological polar surface area (TPSA) is 23.9 Å². The van der Waals surface area contributed by atoms with E-state index in [0.717, 1.165) is 12.0 Å². The summed E-state index contributed by atoms with van der Waals surface area (Å²) in [5, 5.41) is 7.48. The average molecular weight is 179 g/mol. The van der Waals surface area contributed by atoms with Crippen LogP contribution in [0.4, 0.5) is 0 Å². The van der Waals surface area contributed by atoms with E-state index in [1.54, 1.807) is 0 Å². The van der Waals surface area contributed by atoms with Crippen molar-refractivity contribution in [3.05, 3.63) is 35.9 Å². The van der Waals surface area contributed by atoms with Gasteiger partial charge in [0.15, 0.2) is 0 Å². The minimum absolute atomic E-state index is 0. The van der Waals surface area contributed by atoms with Gasteiger partial charge in [-0.05, 0) is 12.0 Å². The van der Waals surface area contributed by atoms with Crippen LogP contribution in [0.2, 0.25) is 0 Å². The average Bonchev–Trinajstić information content (AvgIpc) is 2.21. The molecule has 0 spiro atoms. The highest BCUT2D eigenvalue weighted by Crippen LogP contribution is 2.01. The van der Waals surface area contributed by atoms with Crippen LogP contribution < -0.4 is 0 Å². The molecule has 0 saturated carbocycles. The van der Waals surface area contributed by atoms with Crippen LogP contribution in [0.3, 0.4) is 0 Å². The summed E-state index contributed by atoms with van der Waals surface area (Å²) < 4.78 is 0. The Bertz CT molecular complexity index is 214. The van der Waals surface area contributed by atoms with Gasteiger partial charge < -0.3 is 5.41 Å². The molecule has 1 aromatic rings. The van der Waals surface area contributed by atoms with Crippen LogP contribution in [-0.4, -0.2) is 5.71 Å². The standard InChI is InChI=1S/C9H11N.C2H6.CH4/c1-2-9(10)8-6-4-3-5-7-8;1-2;/h3-7,10H,2H2,1H3;1-2H3;1H4. The molecule has 0 saturated heterocycles. The third-order valence-corrected chi connectivity index (χ3v) is 1.48. The first-order chi connectivity index (χ1) is 5.84. The third kappa shape index (κ3) is 5.18. The van der Waals surface area contributed by atoms with Crippen LogP contribution in [-0.2, 0) is 0 Å². The van der Waals surface area contributed by atoms with E-state index >= 15 is 0 Å². The molecule has 1 rings (SSSR count). The van der Waals surface area contributed by atoms with Gasteiger partial charge in [0.2, 0.25) is 0 Å². The molecule has 1 heteroatoms. The highest BCUT2D eigenvalue weighted by molar-refractivity contribution is 5.97. The lowest BCUT2D eigenvalue weighted by atomic mass is 10.1. The number of nitrogens with one attached hydrogen (secondary N) is 1. The van der Waals surface area contributed by atoms with E-state index in [0.29, 0.717) is 5.71 Å². The van der Waals surface area contributed by atoms with Crippen LogP contribution in [0.5, 0.6) is 0 Å². The molecule has 0 radical (unpaired) electrons. The third-order valence-electron chi connectivity index (χ3n) is 1.48. The summed E-state index contributed by atoms with van der Waals surface area (Å²) in [6.45, 7) is 6.00. The van der Waals surface area contributed by atoms with E-state index in [4.69, 9.17) is 5.41 Å². The normalized spacial score (nSPS) is 7.62. The predicted octanol–water partition coefficient (Wildman–Crippen LogP) is 4.13. The van der Waals surface area contributed by atoms with Gasteiger partial charge in [-0.2, -0.15) is 0 Å². The molecule has 13 heavy (non-hydrogen) atoms. The first kappa shape index (κ1) is 14.4. The van der Waals surface area contributed by atoms with Crippen molar-refractivity contribution < 1.29 is 0 Å². The van der Waals surface area contributed by atoms with Crippen LogP contribution in [0.1, 0.15) is 40.2 Å². The van der Waals surface area contributed by atoms with Gasteiger partial charge >= 0.3 is 0 Å². The molecule has 0 aliphatic heterocycles. The van der Waals surface area contributed by atoms with E-state index in [-0.39, 0.29) is 7.43 Å². The summed E-state index contributed by atoms with van der Waals surface area (Å²) in [6, 6.07) is 9.81. The lowest BCUT2D eigenvalue weighted by Crippen LogP contribution is -1.94. The Hall–Kier alpha value is -1.11. The Labute approximate surface area is 82.3 Å². The van der Waals surface area contributed by atoms with Crippen molar-refractivity contribution >= 4 is 5.71 Å². The molecule has 0 aliphatic carbocycles. The van der Waals surface area contributed by atoms with E-state index in [9.17, 15) is 0 Å². The summed E-state index contributed by atoms with van der Waals surface area (Å²) in [7, 11) is 0.